The van der Waals surface area contributed by atoms with Gasteiger partial charge in [-0.2, -0.15) is 9.61 Å². The number of hydrogen-bond acceptors (Lipinski definition) is 8. The number of hydrogen-bond donors (Lipinski definition) is 4. The summed E-state index contributed by atoms with van der Waals surface area (Å²) in [6.07, 6.45) is 6.36. The van der Waals surface area contributed by atoms with E-state index in [1.54, 1.807) is 0 Å². The van der Waals surface area contributed by atoms with Crippen LogP contribution in [0.25, 0.3) is 5.65 Å². The van der Waals surface area contributed by atoms with Gasteiger partial charge < -0.3 is 30.9 Å². The van der Waals surface area contributed by atoms with Crippen LogP contribution in [0.3, 0.4) is 0 Å². The smallest absolute Gasteiger partial charge is 0.253 e. The lowest BCUT2D eigenvalue weighted by Gasteiger charge is -2.20. The molecule has 3 heterocycles. The minimum Gasteiger partial charge on any atom is -0.396 e. The van der Waals surface area contributed by atoms with Crippen LogP contribution in [0.2, 0.25) is 0 Å². The van der Waals surface area contributed by atoms with E-state index in [2.05, 4.69) is 40.0 Å². The molecule has 1 aliphatic heterocycles. The molecule has 0 spiro atoms. The van der Waals surface area contributed by atoms with Gasteiger partial charge in [0.25, 0.3) is 5.91 Å². The van der Waals surface area contributed by atoms with Crippen LogP contribution in [-0.4, -0.2) is 82.3 Å². The van der Waals surface area contributed by atoms with Crippen molar-refractivity contribution < 1.29 is 9.90 Å². The molecule has 5 rings (SSSR count). The Bertz CT molecular complexity index is 1480. The molecule has 1 unspecified atom stereocenters. The van der Waals surface area contributed by atoms with Crippen molar-refractivity contribution in [3.63, 3.8) is 0 Å². The average molecular weight is 557 g/mol. The molecular weight excluding hydrogens is 516 g/mol. The zero-order chi connectivity index (χ0) is 28.8. The lowest BCUT2D eigenvalue weighted by molar-refractivity contribution is 0.0783. The summed E-state index contributed by atoms with van der Waals surface area (Å²) >= 11 is 0. The molecule has 0 saturated carbocycles. The number of aliphatic hydroxyl groups is 1. The molecule has 1 atom stereocenters. The number of likely N-dealkylation sites (tertiary alicyclic amines) is 1. The molecule has 0 aliphatic carbocycles. The van der Waals surface area contributed by atoms with Crippen LogP contribution in [0, 0.1) is 0 Å². The summed E-state index contributed by atoms with van der Waals surface area (Å²) in [6.45, 7) is 1.71. The van der Waals surface area contributed by atoms with Crippen molar-refractivity contribution >= 4 is 40.3 Å². The normalized spacial score (nSPS) is 15.0. The third-order valence-electron chi connectivity index (χ3n) is 7.64. The molecule has 10 nitrogen and oxygen atoms in total. The Morgan fingerprint density at radius 3 is 2.56 bits per heavy atom. The highest BCUT2D eigenvalue weighted by Gasteiger charge is 2.28. The van der Waals surface area contributed by atoms with Gasteiger partial charge in [-0.05, 0) is 76.2 Å². The van der Waals surface area contributed by atoms with Crippen molar-refractivity contribution in [1.29, 1.82) is 0 Å². The van der Waals surface area contributed by atoms with E-state index in [-0.39, 0.29) is 12.5 Å². The van der Waals surface area contributed by atoms with Crippen molar-refractivity contribution in [1.82, 2.24) is 24.4 Å². The SMILES string of the molecule is CNc1cccc(Nc2cc(Nc3cccc(C(=O)N4CCC(N(C)C)C4)c3)n3ncc(CCCCCO)c3n2)c1. The quantitative estimate of drug-likeness (QED) is 0.185. The Hall–Kier alpha value is -4.15. The summed E-state index contributed by atoms with van der Waals surface area (Å²) in [5.74, 6) is 1.47. The molecule has 1 saturated heterocycles. The molecule has 10 heteroatoms. The zero-order valence-corrected chi connectivity index (χ0v) is 24.1. The van der Waals surface area contributed by atoms with Crippen LogP contribution in [0.5, 0.6) is 0 Å². The number of aryl methyl sites for hydroxylation is 1. The molecule has 0 radical (unpaired) electrons. The standard InChI is InChI=1S/C31H40N8O2/c1-32-24-11-8-13-26(18-24)34-28-19-29(39-30(36-28)23(20-33-39)9-5-4-6-16-40)35-25-12-7-10-22(17-25)31(41)38-15-14-27(21-38)37(2)3/h7-8,10-13,17-20,27,32,35,40H,4-6,9,14-16,21H2,1-3H3,(H,34,36). The van der Waals surface area contributed by atoms with Crippen LogP contribution in [0.15, 0.2) is 60.8 Å². The number of aromatic nitrogens is 3. The zero-order valence-electron chi connectivity index (χ0n) is 24.1. The first kappa shape index (κ1) is 28.4. The highest BCUT2D eigenvalue weighted by molar-refractivity contribution is 5.95. The second-order valence-electron chi connectivity index (χ2n) is 10.8. The van der Waals surface area contributed by atoms with E-state index < -0.39 is 0 Å². The molecule has 1 aliphatic rings. The number of unbranched alkanes of at least 4 members (excludes halogenated alkanes) is 2. The van der Waals surface area contributed by atoms with Gasteiger partial charge in [-0.25, -0.2) is 4.98 Å². The minimum absolute atomic E-state index is 0.0499. The van der Waals surface area contributed by atoms with Crippen LogP contribution >= 0.6 is 0 Å². The van der Waals surface area contributed by atoms with Crippen LogP contribution < -0.4 is 16.0 Å². The number of rotatable bonds is 12. The lowest BCUT2D eigenvalue weighted by atomic mass is 10.1. The highest BCUT2D eigenvalue weighted by atomic mass is 16.3. The van der Waals surface area contributed by atoms with Crippen molar-refractivity contribution in [2.45, 2.75) is 38.1 Å². The van der Waals surface area contributed by atoms with Gasteiger partial charge in [0, 0.05) is 67.0 Å². The maximum Gasteiger partial charge on any atom is 0.253 e. The maximum atomic E-state index is 13.3. The second kappa shape index (κ2) is 13.0. The van der Waals surface area contributed by atoms with Gasteiger partial charge in [-0.15, -0.1) is 0 Å². The lowest BCUT2D eigenvalue weighted by Crippen LogP contribution is -2.34. The number of nitrogens with one attached hydrogen (secondary N) is 3. The first-order valence-corrected chi connectivity index (χ1v) is 14.3. The summed E-state index contributed by atoms with van der Waals surface area (Å²) < 4.78 is 1.81. The Morgan fingerprint density at radius 2 is 1.80 bits per heavy atom. The van der Waals surface area contributed by atoms with E-state index in [4.69, 9.17) is 10.1 Å². The van der Waals surface area contributed by atoms with E-state index in [0.717, 1.165) is 79.3 Å². The first-order valence-electron chi connectivity index (χ1n) is 14.3. The van der Waals surface area contributed by atoms with Gasteiger partial charge in [0.15, 0.2) is 5.65 Å². The number of benzene rings is 2. The molecule has 2 aromatic heterocycles. The second-order valence-corrected chi connectivity index (χ2v) is 10.8. The van der Waals surface area contributed by atoms with Gasteiger partial charge in [0.2, 0.25) is 0 Å². The van der Waals surface area contributed by atoms with Crippen molar-refractivity contribution in [3.05, 3.63) is 71.9 Å². The van der Waals surface area contributed by atoms with Gasteiger partial charge in [0.1, 0.15) is 11.6 Å². The van der Waals surface area contributed by atoms with Gasteiger partial charge in [0.05, 0.1) is 6.20 Å². The summed E-state index contributed by atoms with van der Waals surface area (Å²) in [4.78, 5) is 22.4. The molecule has 4 aromatic rings. The van der Waals surface area contributed by atoms with Crippen LogP contribution in [0.4, 0.5) is 28.7 Å². The number of carbonyl (C=O) groups excluding carboxylic acids is 1. The topological polar surface area (TPSA) is 110 Å². The van der Waals surface area contributed by atoms with Crippen LogP contribution in [0.1, 0.15) is 41.6 Å². The number of likely N-dealkylation sites (N-methyl/N-ethyl adjacent to an activating group) is 1. The molecule has 0 bridgehead atoms. The molecule has 4 N–H and O–H groups in total. The summed E-state index contributed by atoms with van der Waals surface area (Å²) in [6, 6.07) is 18.0. The fourth-order valence-corrected chi connectivity index (χ4v) is 5.25. The van der Waals surface area contributed by atoms with E-state index in [9.17, 15) is 4.79 Å². The molecular formula is C31H40N8O2. The fraction of sp³-hybridized carbons (Fsp3) is 0.387. The first-order chi connectivity index (χ1) is 19.9. The Kier molecular flexibility index (Phi) is 9.01. The Morgan fingerprint density at radius 1 is 1.02 bits per heavy atom. The minimum atomic E-state index is 0.0499. The van der Waals surface area contributed by atoms with E-state index >= 15 is 0 Å². The van der Waals surface area contributed by atoms with Crippen LogP contribution in [-0.2, 0) is 6.42 Å². The molecule has 1 amide bonds. The van der Waals surface area contributed by atoms with E-state index in [1.807, 2.05) is 77.3 Å². The van der Waals surface area contributed by atoms with Gasteiger partial charge >= 0.3 is 0 Å². The molecule has 41 heavy (non-hydrogen) atoms. The third-order valence-corrected chi connectivity index (χ3v) is 7.64. The number of carbonyl (C=O) groups is 1. The largest absolute Gasteiger partial charge is 0.396 e. The highest BCUT2D eigenvalue weighted by Crippen LogP contribution is 2.27. The Labute approximate surface area is 241 Å². The van der Waals surface area contributed by atoms with Crippen molar-refractivity contribution in [2.24, 2.45) is 0 Å². The van der Waals surface area contributed by atoms with E-state index in [1.165, 1.54) is 0 Å². The Balaban J connectivity index is 1.43. The number of fused-ring (bicyclic) bond motifs is 1. The predicted octanol–water partition coefficient (Wildman–Crippen LogP) is 4.74. The van der Waals surface area contributed by atoms with E-state index in [0.29, 0.717) is 17.4 Å². The monoisotopic (exact) mass is 556 g/mol. The van der Waals surface area contributed by atoms with Gasteiger partial charge in [-0.3, -0.25) is 4.79 Å². The summed E-state index contributed by atoms with van der Waals surface area (Å²) in [7, 11) is 6.02. The van der Waals surface area contributed by atoms with Crippen molar-refractivity contribution in [3.8, 4) is 0 Å². The molecule has 2 aromatic carbocycles. The number of anilines is 5. The average Bonchev–Trinajstić information content (AvgIpc) is 3.64. The summed E-state index contributed by atoms with van der Waals surface area (Å²) in [5, 5.41) is 23.9. The summed E-state index contributed by atoms with van der Waals surface area (Å²) in [5.41, 5.74) is 5.19. The maximum absolute atomic E-state index is 13.3. The number of aliphatic hydroxyl groups excluding tert-OH is 1. The third kappa shape index (κ3) is 6.78. The number of amides is 1. The predicted molar refractivity (Wildman–Crippen MR) is 165 cm³/mol. The molecule has 216 valence electrons. The fourth-order valence-electron chi connectivity index (χ4n) is 5.25. The van der Waals surface area contributed by atoms with Crippen molar-refractivity contribution in [2.75, 3.05) is 56.8 Å². The van der Waals surface area contributed by atoms with Gasteiger partial charge in [-0.1, -0.05) is 18.6 Å². The molecule has 1 fully saturated rings. The number of nitrogens with zero attached hydrogens (tertiary/aromatic N) is 5.